The van der Waals surface area contributed by atoms with Gasteiger partial charge in [0.1, 0.15) is 0 Å². The van der Waals surface area contributed by atoms with E-state index in [2.05, 4.69) is 20.9 Å². The predicted octanol–water partition coefficient (Wildman–Crippen LogP) is 3.20. The monoisotopic (exact) mass is 363 g/mol. The Bertz CT molecular complexity index is 562. The molecule has 72 valence electrons. The Kier molecular flexibility index (Phi) is 2.66. The van der Waals surface area contributed by atoms with Gasteiger partial charge in [-0.3, -0.25) is 4.79 Å². The third kappa shape index (κ3) is 1.61. The number of hydrogen-bond donors (Lipinski definition) is 1. The number of aromatic nitrogens is 1. The van der Waals surface area contributed by atoms with Crippen LogP contribution in [0.3, 0.4) is 0 Å². The fourth-order valence-electron chi connectivity index (χ4n) is 1.40. The highest BCUT2D eigenvalue weighted by Crippen LogP contribution is 2.22. The van der Waals surface area contributed by atoms with Crippen LogP contribution in [0.15, 0.2) is 27.6 Å². The van der Waals surface area contributed by atoms with Crippen molar-refractivity contribution >= 4 is 49.4 Å². The average Bonchev–Trinajstić information content (AvgIpc) is 2.12. The van der Waals surface area contributed by atoms with E-state index in [0.717, 1.165) is 20.9 Å². The zero-order chi connectivity index (χ0) is 10.3. The molecule has 0 unspecified atom stereocenters. The van der Waals surface area contributed by atoms with Crippen molar-refractivity contribution < 1.29 is 0 Å². The summed E-state index contributed by atoms with van der Waals surface area (Å²) in [5.74, 6) is 0. The van der Waals surface area contributed by atoms with Crippen molar-refractivity contribution in [3.63, 3.8) is 0 Å². The molecular weight excluding hydrogens is 357 g/mol. The summed E-state index contributed by atoms with van der Waals surface area (Å²) in [6.45, 7) is 1.98. The van der Waals surface area contributed by atoms with Crippen molar-refractivity contribution in [1.29, 1.82) is 0 Å². The van der Waals surface area contributed by atoms with Crippen LogP contribution in [0.4, 0.5) is 0 Å². The maximum absolute atomic E-state index is 11.8. The van der Waals surface area contributed by atoms with E-state index in [0.29, 0.717) is 3.57 Å². The van der Waals surface area contributed by atoms with Crippen molar-refractivity contribution in [2.45, 2.75) is 6.92 Å². The number of hydrogen-bond acceptors (Lipinski definition) is 1. The molecule has 0 atom stereocenters. The minimum atomic E-state index is 0.0868. The van der Waals surface area contributed by atoms with E-state index in [1.54, 1.807) is 6.20 Å². The van der Waals surface area contributed by atoms with Crippen LogP contribution in [-0.2, 0) is 0 Å². The van der Waals surface area contributed by atoms with E-state index in [4.69, 9.17) is 0 Å². The average molecular weight is 364 g/mol. The molecule has 0 saturated heterocycles. The highest BCUT2D eigenvalue weighted by Gasteiger charge is 2.05. The van der Waals surface area contributed by atoms with Gasteiger partial charge in [-0.25, -0.2) is 0 Å². The number of H-pyrrole nitrogens is 1. The highest BCUT2D eigenvalue weighted by molar-refractivity contribution is 14.1. The Morgan fingerprint density at radius 2 is 2.14 bits per heavy atom. The summed E-state index contributed by atoms with van der Waals surface area (Å²) in [6, 6.07) is 3.90. The maximum Gasteiger partial charge on any atom is 0.202 e. The summed E-state index contributed by atoms with van der Waals surface area (Å²) in [7, 11) is 0. The Morgan fingerprint density at radius 1 is 1.43 bits per heavy atom. The van der Waals surface area contributed by atoms with Gasteiger partial charge in [0.15, 0.2) is 0 Å². The number of aromatic amines is 1. The van der Waals surface area contributed by atoms with Crippen molar-refractivity contribution in [2.24, 2.45) is 0 Å². The first-order valence-corrected chi connectivity index (χ1v) is 5.94. The minimum absolute atomic E-state index is 0.0868. The molecule has 14 heavy (non-hydrogen) atoms. The predicted molar refractivity (Wildman–Crippen MR) is 69.7 cm³/mol. The Balaban J connectivity index is 3.03. The molecule has 1 aromatic heterocycles. The van der Waals surface area contributed by atoms with Gasteiger partial charge in [0.2, 0.25) is 5.43 Å². The van der Waals surface area contributed by atoms with Crippen LogP contribution in [0.5, 0.6) is 0 Å². The Morgan fingerprint density at radius 3 is 2.86 bits per heavy atom. The number of aryl methyl sites for hydroxylation is 1. The number of rotatable bonds is 0. The molecule has 0 amide bonds. The van der Waals surface area contributed by atoms with Crippen LogP contribution in [0.25, 0.3) is 10.9 Å². The first-order chi connectivity index (χ1) is 6.59. The van der Waals surface area contributed by atoms with E-state index >= 15 is 0 Å². The summed E-state index contributed by atoms with van der Waals surface area (Å²) in [5.41, 5.74) is 2.03. The van der Waals surface area contributed by atoms with Crippen LogP contribution < -0.4 is 5.43 Å². The molecule has 0 spiro atoms. The van der Waals surface area contributed by atoms with Crippen molar-refractivity contribution in [1.82, 2.24) is 4.98 Å². The molecule has 0 radical (unpaired) electrons. The Labute approximate surface area is 103 Å². The second-order valence-corrected chi connectivity index (χ2v) is 5.15. The van der Waals surface area contributed by atoms with E-state index in [1.165, 1.54) is 0 Å². The standard InChI is InChI=1S/C10H7BrINO/c1-5-2-6-9(7(11)3-5)13-4-8(12)10(6)14/h2-4H,1H3,(H,13,14). The Hall–Kier alpha value is -0.360. The molecule has 0 fully saturated rings. The first kappa shape index (κ1) is 10.2. The topological polar surface area (TPSA) is 32.9 Å². The van der Waals surface area contributed by atoms with Gasteiger partial charge in [0, 0.05) is 16.1 Å². The maximum atomic E-state index is 11.8. The van der Waals surface area contributed by atoms with Crippen molar-refractivity contribution in [3.8, 4) is 0 Å². The summed E-state index contributed by atoms with van der Waals surface area (Å²) in [4.78, 5) is 14.9. The second-order valence-electron chi connectivity index (χ2n) is 3.14. The van der Waals surface area contributed by atoms with Gasteiger partial charge in [0.05, 0.1) is 9.09 Å². The molecule has 1 aromatic carbocycles. The molecule has 0 aliphatic rings. The number of benzene rings is 1. The molecule has 0 aliphatic carbocycles. The third-order valence-corrected chi connectivity index (χ3v) is 3.47. The minimum Gasteiger partial charge on any atom is -0.359 e. The van der Waals surface area contributed by atoms with Crippen LogP contribution >= 0.6 is 38.5 Å². The summed E-state index contributed by atoms with van der Waals surface area (Å²) >= 11 is 5.47. The fraction of sp³-hybridized carbons (Fsp3) is 0.100. The van der Waals surface area contributed by atoms with Crippen molar-refractivity contribution in [2.75, 3.05) is 0 Å². The largest absolute Gasteiger partial charge is 0.359 e. The van der Waals surface area contributed by atoms with Crippen LogP contribution in [0, 0.1) is 10.5 Å². The van der Waals surface area contributed by atoms with Gasteiger partial charge in [-0.1, -0.05) is 0 Å². The smallest absolute Gasteiger partial charge is 0.202 e. The second kappa shape index (κ2) is 3.66. The van der Waals surface area contributed by atoms with Gasteiger partial charge in [0.25, 0.3) is 0 Å². The molecule has 2 nitrogen and oxygen atoms in total. The van der Waals surface area contributed by atoms with Gasteiger partial charge in [-0.05, 0) is 63.1 Å². The lowest BCUT2D eigenvalue weighted by Crippen LogP contribution is -2.06. The lowest BCUT2D eigenvalue weighted by molar-refractivity contribution is 1.34. The first-order valence-electron chi connectivity index (χ1n) is 4.06. The zero-order valence-corrected chi connectivity index (χ0v) is 11.1. The molecule has 0 bridgehead atoms. The number of halogens is 2. The summed E-state index contributed by atoms with van der Waals surface area (Å²) in [6.07, 6.45) is 1.73. The normalized spacial score (nSPS) is 10.8. The number of fused-ring (bicyclic) bond motifs is 1. The van der Waals surface area contributed by atoms with Gasteiger partial charge in [-0.15, -0.1) is 0 Å². The number of pyridine rings is 1. The van der Waals surface area contributed by atoms with E-state index in [-0.39, 0.29) is 5.43 Å². The van der Waals surface area contributed by atoms with Crippen LogP contribution in [0.2, 0.25) is 0 Å². The SMILES string of the molecule is Cc1cc(Br)c2[nH]cc(I)c(=O)c2c1. The van der Waals surface area contributed by atoms with Crippen molar-refractivity contribution in [3.05, 3.63) is 42.2 Å². The van der Waals surface area contributed by atoms with Crippen LogP contribution in [-0.4, -0.2) is 4.98 Å². The molecule has 4 heteroatoms. The molecule has 0 aliphatic heterocycles. The van der Waals surface area contributed by atoms with E-state index in [1.807, 2.05) is 41.6 Å². The summed E-state index contributed by atoms with van der Waals surface area (Å²) in [5, 5.41) is 0.740. The molecule has 2 aromatic rings. The van der Waals surface area contributed by atoms with E-state index < -0.39 is 0 Å². The lowest BCUT2D eigenvalue weighted by atomic mass is 10.1. The molecule has 1 N–H and O–H groups in total. The summed E-state index contributed by atoms with van der Waals surface area (Å²) < 4.78 is 1.65. The van der Waals surface area contributed by atoms with Gasteiger partial charge < -0.3 is 4.98 Å². The quantitative estimate of drug-likeness (QED) is 0.716. The molecule has 2 rings (SSSR count). The fourth-order valence-corrected chi connectivity index (χ4v) is 2.53. The van der Waals surface area contributed by atoms with Gasteiger partial charge >= 0.3 is 0 Å². The lowest BCUT2D eigenvalue weighted by Gasteiger charge is -2.02. The van der Waals surface area contributed by atoms with E-state index in [9.17, 15) is 4.79 Å². The van der Waals surface area contributed by atoms with Gasteiger partial charge in [-0.2, -0.15) is 0 Å². The molecular formula is C10H7BrINO. The molecule has 1 heterocycles. The number of nitrogens with one attached hydrogen (secondary N) is 1. The zero-order valence-electron chi connectivity index (χ0n) is 7.40. The third-order valence-electron chi connectivity index (χ3n) is 2.04. The van der Waals surface area contributed by atoms with Crippen LogP contribution in [0.1, 0.15) is 5.56 Å². The molecule has 0 saturated carbocycles. The highest BCUT2D eigenvalue weighted by atomic mass is 127.